The first-order valence-electron chi connectivity index (χ1n) is 9.43. The first kappa shape index (κ1) is 20.9. The van der Waals surface area contributed by atoms with Crippen LogP contribution in [0.2, 0.25) is 0 Å². The van der Waals surface area contributed by atoms with Gasteiger partial charge in [0.15, 0.2) is 0 Å². The predicted octanol–water partition coefficient (Wildman–Crippen LogP) is 3.95. The van der Waals surface area contributed by atoms with Crippen LogP contribution in [0.3, 0.4) is 0 Å². The number of hydrogen-bond acceptors (Lipinski definition) is 4. The lowest BCUT2D eigenvalue weighted by Gasteiger charge is -2.41. The maximum absolute atomic E-state index is 12.8. The summed E-state index contributed by atoms with van der Waals surface area (Å²) in [5.74, 6) is 0.739. The lowest BCUT2D eigenvalue weighted by molar-refractivity contribution is 0.00899. The second kappa shape index (κ2) is 8.97. The molecular formula is C20H31N3O4. The summed E-state index contributed by atoms with van der Waals surface area (Å²) < 4.78 is 10.6. The third-order valence-corrected chi connectivity index (χ3v) is 4.36. The highest BCUT2D eigenvalue weighted by atomic mass is 16.6. The smallest absolute Gasteiger partial charge is 0.410 e. The zero-order chi connectivity index (χ0) is 20.0. The van der Waals surface area contributed by atoms with E-state index in [0.29, 0.717) is 25.3 Å². The number of anilines is 1. The number of nitrogens with zero attached hydrogens (tertiary/aromatic N) is 2. The average Bonchev–Trinajstić information content (AvgIpc) is 2.61. The molecular weight excluding hydrogens is 346 g/mol. The van der Waals surface area contributed by atoms with Crippen LogP contribution in [0.1, 0.15) is 40.5 Å². The van der Waals surface area contributed by atoms with Crippen LogP contribution >= 0.6 is 0 Å². The Labute approximate surface area is 161 Å². The molecule has 150 valence electrons. The van der Waals surface area contributed by atoms with Gasteiger partial charge >= 0.3 is 12.1 Å². The topological polar surface area (TPSA) is 71.1 Å². The van der Waals surface area contributed by atoms with Crippen molar-refractivity contribution in [2.24, 2.45) is 0 Å². The van der Waals surface area contributed by atoms with E-state index < -0.39 is 5.60 Å². The van der Waals surface area contributed by atoms with Gasteiger partial charge in [-0.05, 0) is 51.5 Å². The zero-order valence-electron chi connectivity index (χ0n) is 16.9. The molecule has 1 fully saturated rings. The van der Waals surface area contributed by atoms with Crippen molar-refractivity contribution in [2.45, 2.75) is 52.2 Å². The number of amides is 3. The van der Waals surface area contributed by atoms with Gasteiger partial charge in [-0.1, -0.05) is 13.3 Å². The Bertz CT molecular complexity index is 640. The van der Waals surface area contributed by atoms with Crippen LogP contribution < -0.4 is 10.1 Å². The van der Waals surface area contributed by atoms with Crippen molar-refractivity contribution < 1.29 is 19.1 Å². The van der Waals surface area contributed by atoms with Crippen molar-refractivity contribution in [2.75, 3.05) is 32.1 Å². The molecule has 1 saturated heterocycles. The molecule has 1 aromatic carbocycles. The molecule has 0 radical (unpaired) electrons. The first-order valence-corrected chi connectivity index (χ1v) is 9.43. The summed E-state index contributed by atoms with van der Waals surface area (Å²) in [4.78, 5) is 28.6. The van der Waals surface area contributed by atoms with Crippen molar-refractivity contribution in [3.05, 3.63) is 24.3 Å². The number of urea groups is 1. The van der Waals surface area contributed by atoms with Crippen LogP contribution in [0.15, 0.2) is 24.3 Å². The van der Waals surface area contributed by atoms with Crippen LogP contribution in [-0.4, -0.2) is 60.3 Å². The minimum absolute atomic E-state index is 0.0329. The molecule has 1 aliphatic rings. The fourth-order valence-corrected chi connectivity index (χ4v) is 3.06. The van der Waals surface area contributed by atoms with Gasteiger partial charge in [-0.3, -0.25) is 0 Å². The number of nitrogens with one attached hydrogen (secondary N) is 1. The van der Waals surface area contributed by atoms with Gasteiger partial charge in [0.2, 0.25) is 0 Å². The number of piperazine rings is 1. The molecule has 7 heteroatoms. The Morgan fingerprint density at radius 2 is 1.85 bits per heavy atom. The average molecular weight is 377 g/mol. The molecule has 1 heterocycles. The summed E-state index contributed by atoms with van der Waals surface area (Å²) in [5, 5.41) is 2.93. The molecule has 0 spiro atoms. The van der Waals surface area contributed by atoms with Crippen molar-refractivity contribution >= 4 is 17.8 Å². The fraction of sp³-hybridized carbons (Fsp3) is 0.600. The third-order valence-electron chi connectivity index (χ3n) is 4.36. The van der Waals surface area contributed by atoms with E-state index >= 15 is 0 Å². The number of benzene rings is 1. The van der Waals surface area contributed by atoms with Gasteiger partial charge in [0, 0.05) is 25.3 Å². The van der Waals surface area contributed by atoms with Gasteiger partial charge in [-0.15, -0.1) is 0 Å². The van der Waals surface area contributed by atoms with E-state index in [0.717, 1.165) is 18.6 Å². The number of carbonyl (C=O) groups excluding carboxylic acids is 2. The molecule has 7 nitrogen and oxygen atoms in total. The van der Waals surface area contributed by atoms with E-state index in [1.165, 1.54) is 0 Å². The Hall–Kier alpha value is -2.44. The largest absolute Gasteiger partial charge is 0.497 e. The maximum Gasteiger partial charge on any atom is 0.410 e. The second-order valence-electron chi connectivity index (χ2n) is 7.72. The summed E-state index contributed by atoms with van der Waals surface area (Å²) in [7, 11) is 1.60. The minimum Gasteiger partial charge on any atom is -0.497 e. The third kappa shape index (κ3) is 6.05. The standard InChI is InChI=1S/C20H31N3O4/c1-6-7-16-14-22(19(25)27-20(2,3)4)12-13-23(16)18(24)21-15-8-10-17(26-5)11-9-15/h8-11,16H,6-7,12-14H2,1-5H3,(H,21,24)/t16-/m1/s1. The molecule has 1 aromatic rings. The molecule has 3 amide bonds. The molecule has 0 unspecified atom stereocenters. The number of carbonyl (C=O) groups is 2. The molecule has 2 rings (SSSR count). The zero-order valence-corrected chi connectivity index (χ0v) is 16.9. The molecule has 1 aliphatic heterocycles. The molecule has 1 atom stereocenters. The van der Waals surface area contributed by atoms with E-state index in [2.05, 4.69) is 12.2 Å². The van der Waals surface area contributed by atoms with E-state index in [4.69, 9.17) is 9.47 Å². The Morgan fingerprint density at radius 1 is 1.19 bits per heavy atom. The first-order chi connectivity index (χ1) is 12.7. The molecule has 27 heavy (non-hydrogen) atoms. The van der Waals surface area contributed by atoms with Crippen LogP contribution in [0.25, 0.3) is 0 Å². The van der Waals surface area contributed by atoms with Gasteiger partial charge in [-0.25, -0.2) is 9.59 Å². The van der Waals surface area contributed by atoms with Crippen LogP contribution in [0, 0.1) is 0 Å². The van der Waals surface area contributed by atoms with E-state index in [-0.39, 0.29) is 18.2 Å². The van der Waals surface area contributed by atoms with E-state index in [9.17, 15) is 9.59 Å². The monoisotopic (exact) mass is 377 g/mol. The van der Waals surface area contributed by atoms with Crippen molar-refractivity contribution in [3.8, 4) is 5.75 Å². The number of rotatable bonds is 4. The van der Waals surface area contributed by atoms with Gasteiger partial charge in [-0.2, -0.15) is 0 Å². The Morgan fingerprint density at radius 3 is 2.41 bits per heavy atom. The highest BCUT2D eigenvalue weighted by Gasteiger charge is 2.33. The fourth-order valence-electron chi connectivity index (χ4n) is 3.06. The molecule has 1 N–H and O–H groups in total. The van der Waals surface area contributed by atoms with Crippen LogP contribution in [0.4, 0.5) is 15.3 Å². The molecule has 0 aliphatic carbocycles. The summed E-state index contributed by atoms with van der Waals surface area (Å²) in [6.07, 6.45) is 1.44. The molecule has 0 aromatic heterocycles. The SMILES string of the molecule is CCC[C@@H]1CN(C(=O)OC(C)(C)C)CCN1C(=O)Nc1ccc(OC)cc1. The van der Waals surface area contributed by atoms with Gasteiger partial charge in [0.25, 0.3) is 0 Å². The lowest BCUT2D eigenvalue weighted by atomic mass is 10.1. The van der Waals surface area contributed by atoms with Gasteiger partial charge in [0.1, 0.15) is 11.4 Å². The second-order valence-corrected chi connectivity index (χ2v) is 7.72. The lowest BCUT2D eigenvalue weighted by Crippen LogP contribution is -2.58. The van der Waals surface area contributed by atoms with Crippen LogP contribution in [0.5, 0.6) is 5.75 Å². The van der Waals surface area contributed by atoms with Gasteiger partial charge in [0.05, 0.1) is 13.2 Å². The minimum atomic E-state index is -0.528. The molecule has 0 saturated carbocycles. The number of hydrogen-bond donors (Lipinski definition) is 1. The summed E-state index contributed by atoms with van der Waals surface area (Å²) in [6, 6.07) is 7.04. The molecule has 0 bridgehead atoms. The highest BCUT2D eigenvalue weighted by Crippen LogP contribution is 2.20. The predicted molar refractivity (Wildman–Crippen MR) is 105 cm³/mol. The van der Waals surface area contributed by atoms with Crippen molar-refractivity contribution in [1.29, 1.82) is 0 Å². The number of ether oxygens (including phenoxy) is 2. The Balaban J connectivity index is 2.01. The van der Waals surface area contributed by atoms with Crippen molar-refractivity contribution in [1.82, 2.24) is 9.80 Å². The summed E-state index contributed by atoms with van der Waals surface area (Å²) in [6.45, 7) is 9.06. The van der Waals surface area contributed by atoms with Gasteiger partial charge < -0.3 is 24.6 Å². The quantitative estimate of drug-likeness (QED) is 0.862. The summed E-state index contributed by atoms with van der Waals surface area (Å²) in [5.41, 5.74) is 0.186. The summed E-state index contributed by atoms with van der Waals surface area (Å²) >= 11 is 0. The van der Waals surface area contributed by atoms with E-state index in [1.807, 2.05) is 37.8 Å². The normalized spacial score (nSPS) is 17.4. The maximum atomic E-state index is 12.8. The van der Waals surface area contributed by atoms with E-state index in [1.54, 1.807) is 24.1 Å². The highest BCUT2D eigenvalue weighted by molar-refractivity contribution is 5.89. The Kier molecular flexibility index (Phi) is 6.93. The number of methoxy groups -OCH3 is 1. The van der Waals surface area contributed by atoms with Crippen LogP contribution in [-0.2, 0) is 4.74 Å². The van der Waals surface area contributed by atoms with Crippen molar-refractivity contribution in [3.63, 3.8) is 0 Å².